The van der Waals surface area contributed by atoms with Crippen molar-refractivity contribution >= 4 is 5.78 Å². The van der Waals surface area contributed by atoms with Gasteiger partial charge < -0.3 is 4.74 Å². The summed E-state index contributed by atoms with van der Waals surface area (Å²) in [5.41, 5.74) is 1.82. The number of carbonyl (C=O) groups is 1. The van der Waals surface area contributed by atoms with Gasteiger partial charge in [-0.1, -0.05) is 48.5 Å². The summed E-state index contributed by atoms with van der Waals surface area (Å²) in [4.78, 5) is 12.2. The minimum Gasteiger partial charge on any atom is -0.497 e. The fourth-order valence-corrected chi connectivity index (χ4v) is 2.13. The zero-order valence-corrected chi connectivity index (χ0v) is 11.6. The number of rotatable bonds is 6. The summed E-state index contributed by atoms with van der Waals surface area (Å²) in [5, 5.41) is 0. The van der Waals surface area contributed by atoms with Crippen LogP contribution in [0.3, 0.4) is 0 Å². The van der Waals surface area contributed by atoms with E-state index >= 15 is 0 Å². The monoisotopic (exact) mass is 266 g/mol. The van der Waals surface area contributed by atoms with Crippen molar-refractivity contribution in [2.75, 3.05) is 7.11 Å². The first-order chi connectivity index (χ1) is 9.74. The standard InChI is InChI=1S/C18H18O2/c1-3-14(15-9-11-17(20-2)12-10-15)13-18(19)16-7-5-4-6-8-16/h3-12,14H,1,13H2,2H3/t14-/m1/s1. The Hall–Kier alpha value is -2.35. The molecule has 0 fully saturated rings. The minimum absolute atomic E-state index is 0.0219. The lowest BCUT2D eigenvalue weighted by Crippen LogP contribution is -2.05. The molecule has 0 heterocycles. The molecule has 2 heteroatoms. The molecule has 0 saturated carbocycles. The normalized spacial score (nSPS) is 11.7. The molecule has 0 bridgehead atoms. The summed E-state index contributed by atoms with van der Waals surface area (Å²) in [6, 6.07) is 17.1. The third-order valence-corrected chi connectivity index (χ3v) is 3.33. The number of benzene rings is 2. The van der Waals surface area contributed by atoms with Crippen LogP contribution in [0.1, 0.15) is 28.3 Å². The van der Waals surface area contributed by atoms with Gasteiger partial charge in [0.05, 0.1) is 7.11 Å². The Balaban J connectivity index is 2.12. The molecular weight excluding hydrogens is 248 g/mol. The Kier molecular flexibility index (Phi) is 4.72. The van der Waals surface area contributed by atoms with Gasteiger partial charge in [-0.3, -0.25) is 4.79 Å². The van der Waals surface area contributed by atoms with Gasteiger partial charge in [-0.25, -0.2) is 0 Å². The summed E-state index contributed by atoms with van der Waals surface area (Å²) in [5.74, 6) is 0.964. The van der Waals surface area contributed by atoms with Crippen molar-refractivity contribution in [3.8, 4) is 5.75 Å². The number of allylic oxidation sites excluding steroid dienone is 1. The van der Waals surface area contributed by atoms with E-state index in [1.807, 2.05) is 60.7 Å². The number of ether oxygens (including phenoxy) is 1. The van der Waals surface area contributed by atoms with Crippen molar-refractivity contribution in [1.29, 1.82) is 0 Å². The van der Waals surface area contributed by atoms with E-state index in [9.17, 15) is 4.79 Å². The molecule has 0 aromatic heterocycles. The molecule has 0 amide bonds. The summed E-state index contributed by atoms with van der Waals surface area (Å²) in [7, 11) is 1.64. The Morgan fingerprint density at radius 2 is 1.80 bits per heavy atom. The smallest absolute Gasteiger partial charge is 0.163 e. The number of ketones is 1. The molecule has 0 radical (unpaired) electrons. The topological polar surface area (TPSA) is 26.3 Å². The van der Waals surface area contributed by atoms with Crippen LogP contribution in [-0.4, -0.2) is 12.9 Å². The molecule has 0 aliphatic carbocycles. The second kappa shape index (κ2) is 6.71. The molecule has 20 heavy (non-hydrogen) atoms. The quantitative estimate of drug-likeness (QED) is 0.577. The van der Waals surface area contributed by atoms with Gasteiger partial charge >= 0.3 is 0 Å². The van der Waals surface area contributed by atoms with Gasteiger partial charge in [-0.2, -0.15) is 0 Å². The highest BCUT2D eigenvalue weighted by molar-refractivity contribution is 5.96. The molecule has 0 aliphatic rings. The van der Waals surface area contributed by atoms with Crippen molar-refractivity contribution in [3.63, 3.8) is 0 Å². The van der Waals surface area contributed by atoms with Crippen LogP contribution in [0.4, 0.5) is 0 Å². The predicted octanol–water partition coefficient (Wildman–Crippen LogP) is 4.24. The van der Waals surface area contributed by atoms with Gasteiger partial charge in [0.1, 0.15) is 5.75 Å². The zero-order valence-electron chi connectivity index (χ0n) is 11.6. The molecular formula is C18H18O2. The first-order valence-electron chi connectivity index (χ1n) is 6.59. The van der Waals surface area contributed by atoms with Crippen LogP contribution < -0.4 is 4.74 Å². The molecule has 2 aromatic carbocycles. The zero-order chi connectivity index (χ0) is 14.4. The molecule has 2 rings (SSSR count). The van der Waals surface area contributed by atoms with Crippen molar-refractivity contribution in [2.24, 2.45) is 0 Å². The third-order valence-electron chi connectivity index (χ3n) is 3.33. The maximum Gasteiger partial charge on any atom is 0.163 e. The lowest BCUT2D eigenvalue weighted by Gasteiger charge is -2.13. The van der Waals surface area contributed by atoms with Gasteiger partial charge in [0, 0.05) is 17.9 Å². The summed E-state index contributed by atoms with van der Waals surface area (Å²) in [6.07, 6.45) is 2.25. The van der Waals surface area contributed by atoms with Gasteiger partial charge in [-0.15, -0.1) is 6.58 Å². The molecule has 2 aromatic rings. The van der Waals surface area contributed by atoms with E-state index in [0.29, 0.717) is 6.42 Å². The lowest BCUT2D eigenvalue weighted by molar-refractivity contribution is 0.0978. The molecule has 0 aliphatic heterocycles. The van der Waals surface area contributed by atoms with E-state index in [1.165, 1.54) is 0 Å². The first kappa shape index (κ1) is 14.1. The van der Waals surface area contributed by atoms with Crippen LogP contribution in [0.2, 0.25) is 0 Å². The van der Waals surface area contributed by atoms with Crippen LogP contribution in [0, 0.1) is 0 Å². The predicted molar refractivity (Wildman–Crippen MR) is 81.3 cm³/mol. The number of hydrogen-bond donors (Lipinski definition) is 0. The number of Topliss-reactive ketones (excluding diaryl/α,β-unsaturated/α-hetero) is 1. The molecule has 2 nitrogen and oxygen atoms in total. The van der Waals surface area contributed by atoms with Crippen molar-refractivity contribution in [2.45, 2.75) is 12.3 Å². The molecule has 0 unspecified atom stereocenters. The fourth-order valence-electron chi connectivity index (χ4n) is 2.13. The van der Waals surface area contributed by atoms with Gasteiger partial charge in [-0.05, 0) is 17.7 Å². The second-order valence-electron chi connectivity index (χ2n) is 4.61. The maximum absolute atomic E-state index is 12.2. The van der Waals surface area contributed by atoms with E-state index in [2.05, 4.69) is 6.58 Å². The fraction of sp³-hybridized carbons (Fsp3) is 0.167. The van der Waals surface area contributed by atoms with Crippen LogP contribution in [0.5, 0.6) is 5.75 Å². The minimum atomic E-state index is 0.0219. The molecule has 0 N–H and O–H groups in total. The van der Waals surface area contributed by atoms with Crippen LogP contribution in [0.25, 0.3) is 0 Å². The van der Waals surface area contributed by atoms with E-state index in [-0.39, 0.29) is 11.7 Å². The highest BCUT2D eigenvalue weighted by atomic mass is 16.5. The largest absolute Gasteiger partial charge is 0.497 e. The number of hydrogen-bond acceptors (Lipinski definition) is 2. The Bertz CT molecular complexity index is 570. The highest BCUT2D eigenvalue weighted by Crippen LogP contribution is 2.24. The molecule has 1 atom stereocenters. The average molecular weight is 266 g/mol. The van der Waals surface area contributed by atoms with Crippen molar-refractivity contribution < 1.29 is 9.53 Å². The molecule has 0 saturated heterocycles. The van der Waals surface area contributed by atoms with Gasteiger partial charge in [0.25, 0.3) is 0 Å². The summed E-state index contributed by atoms with van der Waals surface area (Å²) in [6.45, 7) is 3.84. The summed E-state index contributed by atoms with van der Waals surface area (Å²) >= 11 is 0. The Morgan fingerprint density at radius 1 is 1.15 bits per heavy atom. The third kappa shape index (κ3) is 3.35. The van der Waals surface area contributed by atoms with E-state index in [0.717, 1.165) is 16.9 Å². The van der Waals surface area contributed by atoms with E-state index in [4.69, 9.17) is 4.74 Å². The highest BCUT2D eigenvalue weighted by Gasteiger charge is 2.14. The Morgan fingerprint density at radius 3 is 2.35 bits per heavy atom. The number of methoxy groups -OCH3 is 1. The molecule has 102 valence electrons. The van der Waals surface area contributed by atoms with E-state index in [1.54, 1.807) is 7.11 Å². The van der Waals surface area contributed by atoms with Crippen molar-refractivity contribution in [1.82, 2.24) is 0 Å². The Labute approximate surface area is 119 Å². The van der Waals surface area contributed by atoms with Gasteiger partial charge in [0.15, 0.2) is 5.78 Å². The van der Waals surface area contributed by atoms with E-state index < -0.39 is 0 Å². The van der Waals surface area contributed by atoms with Crippen LogP contribution in [-0.2, 0) is 0 Å². The lowest BCUT2D eigenvalue weighted by atomic mass is 9.91. The van der Waals surface area contributed by atoms with Crippen molar-refractivity contribution in [3.05, 3.63) is 78.4 Å². The SMILES string of the molecule is C=C[C@H](CC(=O)c1ccccc1)c1ccc(OC)cc1. The second-order valence-corrected chi connectivity index (χ2v) is 4.61. The van der Waals surface area contributed by atoms with Crippen LogP contribution >= 0.6 is 0 Å². The number of carbonyl (C=O) groups excluding carboxylic acids is 1. The summed E-state index contributed by atoms with van der Waals surface area (Å²) < 4.78 is 5.14. The maximum atomic E-state index is 12.2. The van der Waals surface area contributed by atoms with Crippen LogP contribution in [0.15, 0.2) is 67.3 Å². The first-order valence-corrected chi connectivity index (χ1v) is 6.59. The molecule has 0 spiro atoms. The van der Waals surface area contributed by atoms with Gasteiger partial charge in [0.2, 0.25) is 0 Å². The average Bonchev–Trinajstić information content (AvgIpc) is 2.53.